The number of rotatable bonds is 6. The van der Waals surface area contributed by atoms with Gasteiger partial charge in [-0.05, 0) is 24.3 Å². The van der Waals surface area contributed by atoms with Gasteiger partial charge in [0.15, 0.2) is 5.82 Å². The number of halogens is 2. The van der Waals surface area contributed by atoms with Gasteiger partial charge in [0.2, 0.25) is 5.95 Å². The highest BCUT2D eigenvalue weighted by atomic mass is 19.1. The lowest BCUT2D eigenvalue weighted by Crippen LogP contribution is -2.04. The van der Waals surface area contributed by atoms with Gasteiger partial charge in [0.1, 0.15) is 23.1 Å². The minimum absolute atomic E-state index is 0.0693. The number of ether oxygens (including phenoxy) is 2. The van der Waals surface area contributed by atoms with Crippen molar-refractivity contribution in [2.24, 2.45) is 0 Å². The summed E-state index contributed by atoms with van der Waals surface area (Å²) in [6, 6.07) is 8.37. The Morgan fingerprint density at radius 3 is 2.46 bits per heavy atom. The van der Waals surface area contributed by atoms with Crippen LogP contribution in [0.1, 0.15) is 0 Å². The second-order valence-electron chi connectivity index (χ2n) is 5.11. The first-order valence-electron chi connectivity index (χ1n) is 7.50. The van der Waals surface area contributed by atoms with Crippen LogP contribution in [0, 0.1) is 11.6 Å². The number of methoxy groups -OCH3 is 2. The van der Waals surface area contributed by atoms with Crippen molar-refractivity contribution in [3.05, 3.63) is 54.2 Å². The van der Waals surface area contributed by atoms with Crippen molar-refractivity contribution in [3.8, 4) is 11.5 Å². The third-order valence-electron chi connectivity index (χ3n) is 3.41. The lowest BCUT2D eigenvalue weighted by Gasteiger charge is -2.12. The molecule has 0 atom stereocenters. The highest BCUT2D eigenvalue weighted by Crippen LogP contribution is 2.30. The molecule has 0 bridgehead atoms. The summed E-state index contributed by atoms with van der Waals surface area (Å²) in [6.07, 6.45) is 1.32. The molecule has 9 heteroatoms. The topological polar surface area (TPSA) is 81.2 Å². The van der Waals surface area contributed by atoms with E-state index < -0.39 is 11.6 Å². The molecule has 0 aliphatic rings. The zero-order valence-corrected chi connectivity index (χ0v) is 14.0. The van der Waals surface area contributed by atoms with E-state index in [0.29, 0.717) is 17.2 Å². The standard InChI is InChI=1S/C17H15F2N5O2/c1-25-11-4-6-14(15(8-11)26-2)22-17-23-16(9-20-24-17)21-13-5-3-10(18)7-12(13)19/h3-9H,1-2H3,(H2,21,22,23,24). The number of nitrogens with one attached hydrogen (secondary N) is 2. The number of hydrogen-bond acceptors (Lipinski definition) is 7. The summed E-state index contributed by atoms with van der Waals surface area (Å²) in [7, 11) is 3.08. The average molecular weight is 359 g/mol. The molecule has 0 spiro atoms. The van der Waals surface area contributed by atoms with E-state index in [1.165, 1.54) is 19.4 Å². The maximum absolute atomic E-state index is 13.7. The van der Waals surface area contributed by atoms with E-state index >= 15 is 0 Å². The second-order valence-corrected chi connectivity index (χ2v) is 5.11. The molecule has 0 aliphatic carbocycles. The van der Waals surface area contributed by atoms with Crippen LogP contribution in [0.3, 0.4) is 0 Å². The van der Waals surface area contributed by atoms with Crippen molar-refractivity contribution < 1.29 is 18.3 Å². The predicted octanol–water partition coefficient (Wildman–Crippen LogP) is 3.65. The van der Waals surface area contributed by atoms with Gasteiger partial charge in [-0.2, -0.15) is 10.1 Å². The van der Waals surface area contributed by atoms with Gasteiger partial charge in [0.05, 0.1) is 31.8 Å². The number of benzene rings is 2. The summed E-state index contributed by atoms with van der Waals surface area (Å²) in [5.74, 6) is 0.156. The summed E-state index contributed by atoms with van der Waals surface area (Å²) in [5, 5.41) is 13.4. The van der Waals surface area contributed by atoms with E-state index in [4.69, 9.17) is 9.47 Å². The molecule has 0 fully saturated rings. The normalized spacial score (nSPS) is 10.3. The molecule has 0 saturated carbocycles. The van der Waals surface area contributed by atoms with Crippen molar-refractivity contribution in [1.82, 2.24) is 15.2 Å². The Bertz CT molecular complexity index is 923. The summed E-state index contributed by atoms with van der Waals surface area (Å²) in [5.41, 5.74) is 0.667. The second kappa shape index (κ2) is 7.60. The van der Waals surface area contributed by atoms with Crippen molar-refractivity contribution in [2.75, 3.05) is 24.9 Å². The third-order valence-corrected chi connectivity index (χ3v) is 3.41. The fourth-order valence-electron chi connectivity index (χ4n) is 2.17. The Kier molecular flexibility index (Phi) is 5.07. The minimum Gasteiger partial charge on any atom is -0.497 e. The summed E-state index contributed by atoms with van der Waals surface area (Å²) in [6.45, 7) is 0. The van der Waals surface area contributed by atoms with Gasteiger partial charge in [0, 0.05) is 12.1 Å². The summed E-state index contributed by atoms with van der Waals surface area (Å²) < 4.78 is 37.2. The van der Waals surface area contributed by atoms with Gasteiger partial charge in [-0.3, -0.25) is 0 Å². The summed E-state index contributed by atoms with van der Waals surface area (Å²) >= 11 is 0. The van der Waals surface area contributed by atoms with Crippen LogP contribution in [-0.4, -0.2) is 29.4 Å². The van der Waals surface area contributed by atoms with Crippen LogP contribution in [0.25, 0.3) is 0 Å². The Balaban J connectivity index is 1.81. The molecule has 7 nitrogen and oxygen atoms in total. The van der Waals surface area contributed by atoms with Crippen molar-refractivity contribution in [2.45, 2.75) is 0 Å². The highest BCUT2D eigenvalue weighted by Gasteiger charge is 2.09. The van der Waals surface area contributed by atoms with E-state index in [2.05, 4.69) is 25.8 Å². The Labute approximate surface area is 148 Å². The van der Waals surface area contributed by atoms with Gasteiger partial charge < -0.3 is 20.1 Å². The van der Waals surface area contributed by atoms with Crippen LogP contribution in [0.4, 0.5) is 31.9 Å². The van der Waals surface area contributed by atoms with Crippen molar-refractivity contribution >= 4 is 23.1 Å². The van der Waals surface area contributed by atoms with E-state index in [-0.39, 0.29) is 17.5 Å². The van der Waals surface area contributed by atoms with Crippen molar-refractivity contribution in [1.29, 1.82) is 0 Å². The molecule has 26 heavy (non-hydrogen) atoms. The SMILES string of the molecule is COc1ccc(Nc2nncc(Nc3ccc(F)cc3F)n2)c(OC)c1. The molecular formula is C17H15F2N5O2. The Morgan fingerprint density at radius 2 is 1.73 bits per heavy atom. The van der Waals surface area contributed by atoms with Gasteiger partial charge in [-0.15, -0.1) is 5.10 Å². The summed E-state index contributed by atoms with van der Waals surface area (Å²) in [4.78, 5) is 4.20. The van der Waals surface area contributed by atoms with Crippen molar-refractivity contribution in [3.63, 3.8) is 0 Å². The highest BCUT2D eigenvalue weighted by molar-refractivity contribution is 5.65. The van der Waals surface area contributed by atoms with Gasteiger partial charge in [-0.1, -0.05) is 0 Å². The van der Waals surface area contributed by atoms with Crippen LogP contribution in [0.2, 0.25) is 0 Å². The lowest BCUT2D eigenvalue weighted by molar-refractivity contribution is 0.395. The number of anilines is 4. The van der Waals surface area contributed by atoms with E-state index in [1.54, 1.807) is 25.3 Å². The van der Waals surface area contributed by atoms with Crippen LogP contribution < -0.4 is 20.1 Å². The molecule has 134 valence electrons. The molecule has 2 N–H and O–H groups in total. The molecule has 0 saturated heterocycles. The maximum atomic E-state index is 13.7. The lowest BCUT2D eigenvalue weighted by atomic mass is 10.2. The first kappa shape index (κ1) is 17.3. The zero-order chi connectivity index (χ0) is 18.5. The number of aromatic nitrogens is 3. The van der Waals surface area contributed by atoms with Crippen LogP contribution in [0.5, 0.6) is 11.5 Å². The number of nitrogens with zero attached hydrogens (tertiary/aromatic N) is 3. The molecule has 1 aromatic heterocycles. The largest absolute Gasteiger partial charge is 0.497 e. The molecule has 0 amide bonds. The van der Waals surface area contributed by atoms with Crippen LogP contribution in [-0.2, 0) is 0 Å². The third kappa shape index (κ3) is 3.94. The predicted molar refractivity (Wildman–Crippen MR) is 92.3 cm³/mol. The molecule has 2 aromatic carbocycles. The molecule has 3 rings (SSSR count). The molecule has 1 heterocycles. The Morgan fingerprint density at radius 1 is 0.923 bits per heavy atom. The van der Waals surface area contributed by atoms with E-state index in [9.17, 15) is 8.78 Å². The first-order valence-corrected chi connectivity index (χ1v) is 7.50. The molecule has 0 radical (unpaired) electrons. The fraction of sp³-hybridized carbons (Fsp3) is 0.118. The monoisotopic (exact) mass is 359 g/mol. The van der Waals surface area contributed by atoms with Crippen LogP contribution >= 0.6 is 0 Å². The Hall–Kier alpha value is -3.49. The molecule has 0 aliphatic heterocycles. The number of hydrogen-bond donors (Lipinski definition) is 2. The molecule has 3 aromatic rings. The van der Waals surface area contributed by atoms with E-state index in [1.807, 2.05) is 0 Å². The minimum atomic E-state index is -0.741. The quantitative estimate of drug-likeness (QED) is 0.695. The average Bonchev–Trinajstić information content (AvgIpc) is 2.65. The van der Waals surface area contributed by atoms with Gasteiger partial charge in [-0.25, -0.2) is 8.78 Å². The van der Waals surface area contributed by atoms with Gasteiger partial charge >= 0.3 is 0 Å². The van der Waals surface area contributed by atoms with E-state index in [0.717, 1.165) is 12.1 Å². The first-order chi connectivity index (χ1) is 12.6. The maximum Gasteiger partial charge on any atom is 0.249 e. The molecule has 0 unspecified atom stereocenters. The van der Waals surface area contributed by atoms with Crippen LogP contribution in [0.15, 0.2) is 42.6 Å². The smallest absolute Gasteiger partial charge is 0.249 e. The fourth-order valence-corrected chi connectivity index (χ4v) is 2.17. The zero-order valence-electron chi connectivity index (χ0n) is 14.0. The van der Waals surface area contributed by atoms with Gasteiger partial charge in [0.25, 0.3) is 0 Å². The molecular weight excluding hydrogens is 344 g/mol.